The summed E-state index contributed by atoms with van der Waals surface area (Å²) in [6.07, 6.45) is 2.17. The third-order valence-electron chi connectivity index (χ3n) is 4.60. The number of halogens is 2. The molecule has 0 spiro atoms. The van der Waals surface area contributed by atoms with E-state index in [2.05, 4.69) is 20.6 Å². The van der Waals surface area contributed by atoms with E-state index >= 15 is 0 Å². The van der Waals surface area contributed by atoms with Crippen LogP contribution in [0.5, 0.6) is 0 Å². The number of amides is 1. The van der Waals surface area contributed by atoms with Gasteiger partial charge in [0.05, 0.1) is 35.9 Å². The number of carboxylic acid groups (broad SMARTS) is 1. The molecular formula is C20H20F2N6O3. The molecule has 1 atom stereocenters. The fraction of sp³-hybridized carbons (Fsp3) is 0.250. The maximum atomic E-state index is 13.6. The lowest BCUT2D eigenvalue weighted by atomic mass is 10.1. The van der Waals surface area contributed by atoms with Crippen LogP contribution in [0, 0.1) is 18.6 Å². The fourth-order valence-electron chi connectivity index (χ4n) is 2.83. The molecule has 0 saturated carbocycles. The molecule has 0 aliphatic rings. The number of carbonyl (C=O) groups excluding carboxylic acids is 1. The lowest BCUT2D eigenvalue weighted by Crippen LogP contribution is -2.42. The van der Waals surface area contributed by atoms with E-state index in [1.165, 1.54) is 4.68 Å². The van der Waals surface area contributed by atoms with Crippen LogP contribution in [-0.4, -0.2) is 43.0 Å². The Kier molecular flexibility index (Phi) is 6.53. The number of pyridine rings is 1. The van der Waals surface area contributed by atoms with Gasteiger partial charge in [-0.15, -0.1) is 5.10 Å². The smallest absolute Gasteiger partial charge is 0.326 e. The van der Waals surface area contributed by atoms with Gasteiger partial charge in [-0.25, -0.2) is 18.3 Å². The van der Waals surface area contributed by atoms with Crippen LogP contribution in [-0.2, 0) is 22.4 Å². The minimum atomic E-state index is -1.25. The Morgan fingerprint density at radius 3 is 2.74 bits per heavy atom. The number of rotatable bonds is 8. The van der Waals surface area contributed by atoms with Crippen LogP contribution in [0.4, 0.5) is 14.5 Å². The monoisotopic (exact) mass is 430 g/mol. The van der Waals surface area contributed by atoms with Crippen molar-refractivity contribution in [3.05, 3.63) is 65.2 Å². The molecule has 0 aliphatic carbocycles. The molecule has 31 heavy (non-hydrogen) atoms. The van der Waals surface area contributed by atoms with Gasteiger partial charge in [0.1, 0.15) is 17.7 Å². The first-order chi connectivity index (χ1) is 14.7. The lowest BCUT2D eigenvalue weighted by Gasteiger charge is -2.13. The number of hydrogen-bond acceptors (Lipinski definition) is 6. The van der Waals surface area contributed by atoms with Gasteiger partial charge in [0.2, 0.25) is 5.91 Å². The molecule has 2 aromatic heterocycles. The predicted molar refractivity (Wildman–Crippen MR) is 106 cm³/mol. The van der Waals surface area contributed by atoms with Crippen LogP contribution < -0.4 is 11.1 Å². The molecule has 9 nitrogen and oxygen atoms in total. The van der Waals surface area contributed by atoms with Crippen molar-refractivity contribution in [1.29, 1.82) is 0 Å². The first-order valence-electron chi connectivity index (χ1n) is 9.32. The first kappa shape index (κ1) is 21.8. The Morgan fingerprint density at radius 1 is 1.29 bits per heavy atom. The lowest BCUT2D eigenvalue weighted by molar-refractivity contribution is -0.141. The Labute approximate surface area is 175 Å². The SMILES string of the molecule is Cc1ccc(-n2cc(CC[C@H](NC(=O)Cc3ncc(F)cc3F)C(=O)O)nn2)cc1N. The maximum absolute atomic E-state index is 13.6. The molecule has 162 valence electrons. The Hall–Kier alpha value is -3.89. The largest absolute Gasteiger partial charge is 0.480 e. The Morgan fingerprint density at radius 2 is 2.06 bits per heavy atom. The second-order valence-corrected chi connectivity index (χ2v) is 6.95. The quantitative estimate of drug-likeness (QED) is 0.462. The molecule has 4 N–H and O–H groups in total. The van der Waals surface area contributed by atoms with Crippen LogP contribution in [0.1, 0.15) is 23.4 Å². The van der Waals surface area contributed by atoms with Crippen molar-refractivity contribution >= 4 is 17.6 Å². The third-order valence-corrected chi connectivity index (χ3v) is 4.60. The second-order valence-electron chi connectivity index (χ2n) is 6.95. The van der Waals surface area contributed by atoms with Crippen LogP contribution in [0.25, 0.3) is 5.69 Å². The highest BCUT2D eigenvalue weighted by Gasteiger charge is 2.21. The van der Waals surface area contributed by atoms with Crippen LogP contribution in [0.2, 0.25) is 0 Å². The summed E-state index contributed by atoms with van der Waals surface area (Å²) in [5, 5.41) is 19.7. The summed E-state index contributed by atoms with van der Waals surface area (Å²) >= 11 is 0. The number of nitrogens with two attached hydrogens (primary N) is 1. The second kappa shape index (κ2) is 9.28. The van der Waals surface area contributed by atoms with Crippen molar-refractivity contribution in [3.63, 3.8) is 0 Å². The first-order valence-corrected chi connectivity index (χ1v) is 9.32. The van der Waals surface area contributed by atoms with Gasteiger partial charge < -0.3 is 16.2 Å². The molecule has 0 unspecified atom stereocenters. The van der Waals surface area contributed by atoms with Crippen molar-refractivity contribution in [3.8, 4) is 5.69 Å². The van der Waals surface area contributed by atoms with Gasteiger partial charge in [-0.3, -0.25) is 9.78 Å². The summed E-state index contributed by atoms with van der Waals surface area (Å²) in [5.41, 5.74) is 8.39. The van der Waals surface area contributed by atoms with Gasteiger partial charge in [0.25, 0.3) is 0 Å². The molecule has 0 aliphatic heterocycles. The molecule has 0 radical (unpaired) electrons. The molecule has 3 aromatic rings. The minimum absolute atomic E-state index is 0.0368. The van der Waals surface area contributed by atoms with E-state index in [1.54, 1.807) is 12.3 Å². The average molecular weight is 430 g/mol. The number of anilines is 1. The fourth-order valence-corrected chi connectivity index (χ4v) is 2.83. The number of nitrogens with one attached hydrogen (secondary N) is 1. The minimum Gasteiger partial charge on any atom is -0.480 e. The summed E-state index contributed by atoms with van der Waals surface area (Å²) in [4.78, 5) is 27.1. The van der Waals surface area contributed by atoms with Crippen molar-refractivity contribution in [2.45, 2.75) is 32.2 Å². The number of benzene rings is 1. The third kappa shape index (κ3) is 5.59. The maximum Gasteiger partial charge on any atom is 0.326 e. The normalized spacial score (nSPS) is 11.8. The number of aromatic nitrogens is 4. The summed E-state index contributed by atoms with van der Waals surface area (Å²) in [6.45, 7) is 1.88. The summed E-state index contributed by atoms with van der Waals surface area (Å²) in [5.74, 6) is -3.84. The number of nitrogens with zero attached hydrogens (tertiary/aromatic N) is 4. The zero-order valence-electron chi connectivity index (χ0n) is 16.5. The highest BCUT2D eigenvalue weighted by molar-refractivity contribution is 5.84. The van der Waals surface area contributed by atoms with Gasteiger partial charge in [-0.1, -0.05) is 11.3 Å². The van der Waals surface area contributed by atoms with E-state index in [9.17, 15) is 23.5 Å². The van der Waals surface area contributed by atoms with Crippen molar-refractivity contribution in [1.82, 2.24) is 25.3 Å². The molecule has 1 amide bonds. The summed E-state index contributed by atoms with van der Waals surface area (Å²) in [7, 11) is 0. The number of hydrogen-bond donors (Lipinski definition) is 3. The molecular weight excluding hydrogens is 410 g/mol. The zero-order chi connectivity index (χ0) is 22.5. The molecule has 0 bridgehead atoms. The van der Waals surface area contributed by atoms with Gasteiger partial charge in [0.15, 0.2) is 0 Å². The van der Waals surface area contributed by atoms with E-state index in [0.717, 1.165) is 11.8 Å². The molecule has 3 rings (SSSR count). The van der Waals surface area contributed by atoms with Gasteiger partial charge >= 0.3 is 5.97 Å². The van der Waals surface area contributed by atoms with Gasteiger partial charge in [-0.05, 0) is 37.5 Å². The standard InChI is InChI=1S/C20H20F2N6O3/c1-11-2-4-14(7-16(11)23)28-10-13(26-27-28)3-5-17(20(30)31)25-19(29)8-18-15(22)6-12(21)9-24-18/h2,4,6-7,9-10,17H,3,5,8,23H2,1H3,(H,25,29)(H,30,31)/t17-/m0/s1. The molecule has 0 saturated heterocycles. The van der Waals surface area contributed by atoms with Gasteiger partial charge in [0, 0.05) is 11.8 Å². The van der Waals surface area contributed by atoms with Crippen molar-refractivity contribution < 1.29 is 23.5 Å². The van der Waals surface area contributed by atoms with Crippen LogP contribution in [0.3, 0.4) is 0 Å². The van der Waals surface area contributed by atoms with Crippen molar-refractivity contribution in [2.24, 2.45) is 0 Å². The summed E-state index contributed by atoms with van der Waals surface area (Å²) < 4.78 is 28.1. The van der Waals surface area contributed by atoms with Gasteiger partial charge in [-0.2, -0.15) is 0 Å². The average Bonchev–Trinajstić information content (AvgIpc) is 3.18. The molecule has 0 fully saturated rings. The van der Waals surface area contributed by atoms with E-state index < -0.39 is 36.0 Å². The van der Waals surface area contributed by atoms with E-state index in [1.807, 2.05) is 19.1 Å². The Bertz CT molecular complexity index is 1120. The van der Waals surface area contributed by atoms with E-state index in [4.69, 9.17) is 5.73 Å². The topological polar surface area (TPSA) is 136 Å². The molecule has 11 heteroatoms. The number of carbonyl (C=O) groups is 2. The number of aliphatic carboxylic acids is 1. The molecule has 2 heterocycles. The van der Waals surface area contributed by atoms with E-state index in [0.29, 0.717) is 23.1 Å². The summed E-state index contributed by atoms with van der Waals surface area (Å²) in [6, 6.07) is 4.80. The zero-order valence-corrected chi connectivity index (χ0v) is 16.5. The number of aryl methyl sites for hydroxylation is 2. The van der Waals surface area contributed by atoms with Crippen molar-refractivity contribution in [2.75, 3.05) is 5.73 Å². The predicted octanol–water partition coefficient (Wildman–Crippen LogP) is 1.58. The molecule has 1 aromatic carbocycles. The number of carboxylic acids is 1. The number of nitrogen functional groups attached to an aromatic ring is 1. The van der Waals surface area contributed by atoms with E-state index in [-0.39, 0.29) is 18.5 Å². The Balaban J connectivity index is 1.60. The highest BCUT2D eigenvalue weighted by Crippen LogP contribution is 2.16. The van der Waals surface area contributed by atoms with Crippen LogP contribution >= 0.6 is 0 Å². The van der Waals surface area contributed by atoms with Crippen LogP contribution in [0.15, 0.2) is 36.7 Å². The highest BCUT2D eigenvalue weighted by atomic mass is 19.1.